The standard InChI is InChI=1S/C15H27N3/c1-8-13(10-16-15(4,5)6)9-14-11(2)17-18(7)12(14)3/h9,16H,8,10H2,1-7H3. The molecule has 0 aliphatic heterocycles. The molecule has 0 atom stereocenters. The first-order valence-corrected chi connectivity index (χ1v) is 6.69. The van der Waals surface area contributed by atoms with Crippen LogP contribution in [0.15, 0.2) is 5.57 Å². The van der Waals surface area contributed by atoms with Gasteiger partial charge in [-0.25, -0.2) is 0 Å². The van der Waals surface area contributed by atoms with Gasteiger partial charge in [0.15, 0.2) is 0 Å². The highest BCUT2D eigenvalue weighted by molar-refractivity contribution is 5.57. The van der Waals surface area contributed by atoms with Crippen LogP contribution < -0.4 is 5.32 Å². The summed E-state index contributed by atoms with van der Waals surface area (Å²) in [4.78, 5) is 0. The lowest BCUT2D eigenvalue weighted by molar-refractivity contribution is 0.443. The monoisotopic (exact) mass is 249 g/mol. The first kappa shape index (κ1) is 15.0. The molecule has 0 saturated heterocycles. The zero-order chi connectivity index (χ0) is 13.9. The highest BCUT2D eigenvalue weighted by atomic mass is 15.3. The van der Waals surface area contributed by atoms with Crippen molar-refractivity contribution in [3.05, 3.63) is 22.5 Å². The van der Waals surface area contributed by atoms with E-state index in [1.54, 1.807) is 0 Å². The molecule has 0 aromatic carbocycles. The maximum atomic E-state index is 4.46. The molecule has 0 aliphatic rings. The lowest BCUT2D eigenvalue weighted by Crippen LogP contribution is -2.36. The Hall–Kier alpha value is -1.09. The highest BCUT2D eigenvalue weighted by Crippen LogP contribution is 2.17. The van der Waals surface area contributed by atoms with E-state index in [1.807, 2.05) is 11.7 Å². The number of nitrogens with one attached hydrogen (secondary N) is 1. The summed E-state index contributed by atoms with van der Waals surface area (Å²) >= 11 is 0. The van der Waals surface area contributed by atoms with Crippen molar-refractivity contribution < 1.29 is 0 Å². The number of aryl methyl sites for hydroxylation is 2. The van der Waals surface area contributed by atoms with Crippen LogP contribution in [-0.4, -0.2) is 21.9 Å². The topological polar surface area (TPSA) is 29.9 Å². The van der Waals surface area contributed by atoms with Gasteiger partial charge in [-0.15, -0.1) is 0 Å². The van der Waals surface area contributed by atoms with E-state index in [2.05, 4.69) is 58.0 Å². The Morgan fingerprint density at radius 3 is 2.33 bits per heavy atom. The van der Waals surface area contributed by atoms with Crippen molar-refractivity contribution in [3.8, 4) is 0 Å². The van der Waals surface area contributed by atoms with Crippen LogP contribution in [0.1, 0.15) is 51.1 Å². The quantitative estimate of drug-likeness (QED) is 0.888. The molecule has 1 rings (SSSR count). The van der Waals surface area contributed by atoms with E-state index in [-0.39, 0.29) is 5.54 Å². The molecule has 3 heteroatoms. The van der Waals surface area contributed by atoms with Gasteiger partial charge in [0, 0.05) is 30.4 Å². The van der Waals surface area contributed by atoms with E-state index in [1.165, 1.54) is 16.8 Å². The molecule has 0 spiro atoms. The summed E-state index contributed by atoms with van der Waals surface area (Å²) in [5, 5.41) is 8.00. The van der Waals surface area contributed by atoms with Crippen molar-refractivity contribution in [1.29, 1.82) is 0 Å². The van der Waals surface area contributed by atoms with Gasteiger partial charge >= 0.3 is 0 Å². The molecule has 18 heavy (non-hydrogen) atoms. The zero-order valence-corrected chi connectivity index (χ0v) is 12.9. The van der Waals surface area contributed by atoms with Crippen LogP contribution in [0.2, 0.25) is 0 Å². The Bertz CT molecular complexity index is 433. The van der Waals surface area contributed by atoms with Crippen molar-refractivity contribution in [3.63, 3.8) is 0 Å². The fourth-order valence-electron chi connectivity index (χ4n) is 1.86. The van der Waals surface area contributed by atoms with E-state index < -0.39 is 0 Å². The normalized spacial score (nSPS) is 13.2. The molecule has 0 radical (unpaired) electrons. The summed E-state index contributed by atoms with van der Waals surface area (Å²) in [7, 11) is 2.00. The Kier molecular flexibility index (Phi) is 4.74. The van der Waals surface area contributed by atoms with Crippen LogP contribution in [0, 0.1) is 13.8 Å². The maximum absolute atomic E-state index is 4.46. The molecule has 1 N–H and O–H groups in total. The van der Waals surface area contributed by atoms with Gasteiger partial charge in [0.2, 0.25) is 0 Å². The molecule has 3 nitrogen and oxygen atoms in total. The maximum Gasteiger partial charge on any atom is 0.0668 e. The summed E-state index contributed by atoms with van der Waals surface area (Å²) in [6.07, 6.45) is 3.35. The van der Waals surface area contributed by atoms with Crippen LogP contribution in [0.3, 0.4) is 0 Å². The van der Waals surface area contributed by atoms with Crippen molar-refractivity contribution in [2.45, 2.75) is 53.5 Å². The van der Waals surface area contributed by atoms with Gasteiger partial charge in [-0.2, -0.15) is 5.10 Å². The Morgan fingerprint density at radius 1 is 1.33 bits per heavy atom. The van der Waals surface area contributed by atoms with Crippen molar-refractivity contribution in [2.75, 3.05) is 6.54 Å². The number of hydrogen-bond acceptors (Lipinski definition) is 2. The first-order chi connectivity index (χ1) is 8.24. The second kappa shape index (κ2) is 5.70. The van der Waals surface area contributed by atoms with Crippen LogP contribution in [0.4, 0.5) is 0 Å². The van der Waals surface area contributed by atoms with Crippen LogP contribution in [-0.2, 0) is 7.05 Å². The summed E-state index contributed by atoms with van der Waals surface area (Å²) in [5.74, 6) is 0. The minimum Gasteiger partial charge on any atom is -0.308 e. The molecule has 0 amide bonds. The number of nitrogens with zero attached hydrogens (tertiary/aromatic N) is 2. The van der Waals surface area contributed by atoms with Crippen LogP contribution in [0.5, 0.6) is 0 Å². The summed E-state index contributed by atoms with van der Waals surface area (Å²) in [5.41, 5.74) is 5.19. The third-order valence-electron chi connectivity index (χ3n) is 3.21. The minimum atomic E-state index is 0.160. The predicted molar refractivity (Wildman–Crippen MR) is 78.7 cm³/mol. The molecular formula is C15H27N3. The first-order valence-electron chi connectivity index (χ1n) is 6.69. The zero-order valence-electron chi connectivity index (χ0n) is 12.9. The van der Waals surface area contributed by atoms with Gasteiger partial charge in [-0.3, -0.25) is 4.68 Å². The molecule has 0 aliphatic carbocycles. The fraction of sp³-hybridized carbons (Fsp3) is 0.667. The van der Waals surface area contributed by atoms with E-state index in [9.17, 15) is 0 Å². The molecule has 102 valence electrons. The second-order valence-corrected chi connectivity index (χ2v) is 5.97. The number of hydrogen-bond donors (Lipinski definition) is 1. The fourth-order valence-corrected chi connectivity index (χ4v) is 1.86. The van der Waals surface area contributed by atoms with Crippen molar-refractivity contribution in [2.24, 2.45) is 7.05 Å². The van der Waals surface area contributed by atoms with Gasteiger partial charge in [0.1, 0.15) is 0 Å². The van der Waals surface area contributed by atoms with Crippen molar-refractivity contribution >= 4 is 6.08 Å². The average Bonchev–Trinajstić information content (AvgIpc) is 2.48. The summed E-state index contributed by atoms with van der Waals surface area (Å²) in [6.45, 7) is 13.9. The van der Waals surface area contributed by atoms with Gasteiger partial charge in [0.05, 0.1) is 5.69 Å². The number of aromatic nitrogens is 2. The highest BCUT2D eigenvalue weighted by Gasteiger charge is 2.11. The summed E-state index contributed by atoms with van der Waals surface area (Å²) in [6, 6.07) is 0. The molecule has 1 aromatic rings. The van der Waals surface area contributed by atoms with E-state index >= 15 is 0 Å². The largest absolute Gasteiger partial charge is 0.308 e. The van der Waals surface area contributed by atoms with Gasteiger partial charge in [-0.1, -0.05) is 18.6 Å². The second-order valence-electron chi connectivity index (χ2n) is 5.97. The van der Waals surface area contributed by atoms with Gasteiger partial charge in [-0.05, 0) is 41.0 Å². The number of rotatable bonds is 4. The van der Waals surface area contributed by atoms with Crippen molar-refractivity contribution in [1.82, 2.24) is 15.1 Å². The molecule has 1 aromatic heterocycles. The van der Waals surface area contributed by atoms with Gasteiger partial charge in [0.25, 0.3) is 0 Å². The predicted octanol–water partition coefficient (Wildman–Crippen LogP) is 3.22. The van der Waals surface area contributed by atoms with Crippen LogP contribution in [0.25, 0.3) is 6.08 Å². The Morgan fingerprint density at radius 2 is 1.94 bits per heavy atom. The molecule has 1 heterocycles. The smallest absolute Gasteiger partial charge is 0.0668 e. The molecule has 0 fully saturated rings. The van der Waals surface area contributed by atoms with E-state index in [4.69, 9.17) is 0 Å². The average molecular weight is 249 g/mol. The lowest BCUT2D eigenvalue weighted by Gasteiger charge is -2.21. The van der Waals surface area contributed by atoms with Crippen LogP contribution >= 0.6 is 0 Å². The third kappa shape index (κ3) is 3.98. The molecular weight excluding hydrogens is 222 g/mol. The molecule has 0 saturated carbocycles. The lowest BCUT2D eigenvalue weighted by atomic mass is 10.0. The Labute approximate surface area is 111 Å². The van der Waals surface area contributed by atoms with E-state index in [0.29, 0.717) is 0 Å². The van der Waals surface area contributed by atoms with E-state index in [0.717, 1.165) is 18.7 Å². The molecule has 0 bridgehead atoms. The Balaban J connectivity index is 2.90. The van der Waals surface area contributed by atoms with Gasteiger partial charge < -0.3 is 5.32 Å². The summed E-state index contributed by atoms with van der Waals surface area (Å²) < 4.78 is 1.95. The minimum absolute atomic E-state index is 0.160. The third-order valence-corrected chi connectivity index (χ3v) is 3.21. The molecule has 0 unspecified atom stereocenters. The SMILES string of the molecule is CCC(=Cc1c(C)nn(C)c1C)CNC(C)(C)C.